The minimum absolute atomic E-state index is 0.154. The first-order chi connectivity index (χ1) is 9.11. The van der Waals surface area contributed by atoms with E-state index in [9.17, 15) is 0 Å². The van der Waals surface area contributed by atoms with E-state index < -0.39 is 0 Å². The predicted molar refractivity (Wildman–Crippen MR) is 80.9 cm³/mol. The van der Waals surface area contributed by atoms with Crippen LogP contribution >= 0.6 is 0 Å². The Balaban J connectivity index is 2.30. The lowest BCUT2D eigenvalue weighted by molar-refractivity contribution is 0.549. The molecule has 0 radical (unpaired) electrons. The molecule has 2 aromatic carbocycles. The largest absolute Gasteiger partial charge is 0.271 e. The number of hydrogen-bond donors (Lipinski definition) is 2. The molecule has 2 nitrogen and oxygen atoms in total. The quantitative estimate of drug-likeness (QED) is 0.648. The van der Waals surface area contributed by atoms with Crippen LogP contribution in [0.3, 0.4) is 0 Å². The summed E-state index contributed by atoms with van der Waals surface area (Å²) in [6.45, 7) is 6.44. The van der Waals surface area contributed by atoms with Crippen LogP contribution in [-0.4, -0.2) is 0 Å². The van der Waals surface area contributed by atoms with Crippen molar-refractivity contribution >= 4 is 0 Å². The molecule has 0 bridgehead atoms. The number of hydrogen-bond acceptors (Lipinski definition) is 2. The molecule has 0 saturated heterocycles. The van der Waals surface area contributed by atoms with E-state index in [-0.39, 0.29) is 6.04 Å². The van der Waals surface area contributed by atoms with Crippen LogP contribution in [0.15, 0.2) is 42.5 Å². The molecule has 19 heavy (non-hydrogen) atoms. The Kier molecular flexibility index (Phi) is 4.35. The molecule has 1 unspecified atom stereocenters. The third-order valence-electron chi connectivity index (χ3n) is 3.74. The Morgan fingerprint density at radius 3 is 2.21 bits per heavy atom. The average Bonchev–Trinajstić information content (AvgIpc) is 2.42. The van der Waals surface area contributed by atoms with E-state index >= 15 is 0 Å². The second kappa shape index (κ2) is 6.00. The van der Waals surface area contributed by atoms with Gasteiger partial charge < -0.3 is 0 Å². The molecule has 2 aromatic rings. The van der Waals surface area contributed by atoms with Crippen molar-refractivity contribution in [2.24, 2.45) is 5.84 Å². The van der Waals surface area contributed by atoms with Crippen molar-refractivity contribution in [2.45, 2.75) is 33.2 Å². The molecule has 0 amide bonds. The molecule has 0 spiro atoms. The van der Waals surface area contributed by atoms with Crippen LogP contribution in [-0.2, 0) is 6.42 Å². The SMILES string of the molecule is Cc1cc(C)c(C(Cc2ccccc2)NN)cc1C. The summed E-state index contributed by atoms with van der Waals surface area (Å²) in [4.78, 5) is 0. The van der Waals surface area contributed by atoms with Crippen molar-refractivity contribution in [3.8, 4) is 0 Å². The van der Waals surface area contributed by atoms with Crippen molar-refractivity contribution in [1.82, 2.24) is 5.43 Å². The molecule has 2 rings (SSSR count). The van der Waals surface area contributed by atoms with E-state index in [1.54, 1.807) is 0 Å². The highest BCUT2D eigenvalue weighted by atomic mass is 15.2. The van der Waals surface area contributed by atoms with Crippen molar-refractivity contribution in [2.75, 3.05) is 0 Å². The fraction of sp³-hybridized carbons (Fsp3) is 0.294. The Hall–Kier alpha value is -1.64. The van der Waals surface area contributed by atoms with Crippen LogP contribution < -0.4 is 11.3 Å². The van der Waals surface area contributed by atoms with E-state index in [2.05, 4.69) is 62.6 Å². The molecule has 0 aliphatic heterocycles. The van der Waals surface area contributed by atoms with Crippen LogP contribution in [0, 0.1) is 20.8 Å². The van der Waals surface area contributed by atoms with E-state index in [0.717, 1.165) is 6.42 Å². The van der Waals surface area contributed by atoms with Gasteiger partial charge in [-0.25, -0.2) is 0 Å². The second-order valence-electron chi connectivity index (χ2n) is 5.20. The number of nitrogens with one attached hydrogen (secondary N) is 1. The zero-order chi connectivity index (χ0) is 13.8. The number of aryl methyl sites for hydroxylation is 3. The van der Waals surface area contributed by atoms with Crippen LogP contribution in [0.1, 0.15) is 33.9 Å². The molecule has 3 N–H and O–H groups in total. The van der Waals surface area contributed by atoms with Crippen LogP contribution in [0.25, 0.3) is 0 Å². The minimum atomic E-state index is 0.154. The van der Waals surface area contributed by atoms with Crippen molar-refractivity contribution in [3.63, 3.8) is 0 Å². The molecule has 0 aliphatic carbocycles. The fourth-order valence-electron chi connectivity index (χ4n) is 2.47. The summed E-state index contributed by atoms with van der Waals surface area (Å²) in [5, 5.41) is 0. The predicted octanol–water partition coefficient (Wildman–Crippen LogP) is 3.36. The number of rotatable bonds is 4. The van der Waals surface area contributed by atoms with Gasteiger partial charge in [-0.15, -0.1) is 0 Å². The van der Waals surface area contributed by atoms with Crippen LogP contribution in [0.2, 0.25) is 0 Å². The zero-order valence-corrected chi connectivity index (χ0v) is 11.9. The summed E-state index contributed by atoms with van der Waals surface area (Å²) >= 11 is 0. The van der Waals surface area contributed by atoms with E-state index in [1.807, 2.05) is 6.07 Å². The fourth-order valence-corrected chi connectivity index (χ4v) is 2.47. The van der Waals surface area contributed by atoms with Gasteiger partial charge in [-0.1, -0.05) is 42.5 Å². The lowest BCUT2D eigenvalue weighted by Gasteiger charge is -2.20. The second-order valence-corrected chi connectivity index (χ2v) is 5.20. The molecule has 0 aromatic heterocycles. The maximum atomic E-state index is 5.76. The standard InChI is InChI=1S/C17H22N2/c1-12-9-14(3)16(10-13(12)2)17(19-18)11-15-7-5-4-6-8-15/h4-10,17,19H,11,18H2,1-3H3. The Morgan fingerprint density at radius 1 is 0.947 bits per heavy atom. The molecule has 0 fully saturated rings. The van der Waals surface area contributed by atoms with Gasteiger partial charge in [-0.3, -0.25) is 11.3 Å². The maximum absolute atomic E-state index is 5.76. The summed E-state index contributed by atoms with van der Waals surface area (Å²) in [5.74, 6) is 5.76. The Morgan fingerprint density at radius 2 is 1.58 bits per heavy atom. The molecule has 1 atom stereocenters. The molecule has 0 aliphatic rings. The number of nitrogens with two attached hydrogens (primary N) is 1. The third-order valence-corrected chi connectivity index (χ3v) is 3.74. The molecule has 100 valence electrons. The van der Waals surface area contributed by atoms with Crippen molar-refractivity contribution in [3.05, 3.63) is 70.3 Å². The van der Waals surface area contributed by atoms with Gasteiger partial charge in [0.25, 0.3) is 0 Å². The summed E-state index contributed by atoms with van der Waals surface area (Å²) in [6, 6.07) is 15.1. The molecular weight excluding hydrogens is 232 g/mol. The van der Waals surface area contributed by atoms with Crippen molar-refractivity contribution < 1.29 is 0 Å². The average molecular weight is 254 g/mol. The third kappa shape index (κ3) is 3.22. The minimum Gasteiger partial charge on any atom is -0.271 e. The van der Waals surface area contributed by atoms with E-state index in [1.165, 1.54) is 27.8 Å². The first kappa shape index (κ1) is 13.8. The molecule has 0 saturated carbocycles. The smallest absolute Gasteiger partial charge is 0.0503 e. The Bertz CT molecular complexity index is 547. The van der Waals surface area contributed by atoms with Crippen LogP contribution in [0.4, 0.5) is 0 Å². The maximum Gasteiger partial charge on any atom is 0.0503 e. The van der Waals surface area contributed by atoms with Gasteiger partial charge in [0, 0.05) is 0 Å². The zero-order valence-electron chi connectivity index (χ0n) is 11.9. The van der Waals surface area contributed by atoms with Crippen LogP contribution in [0.5, 0.6) is 0 Å². The monoisotopic (exact) mass is 254 g/mol. The lowest BCUT2D eigenvalue weighted by atomic mass is 9.92. The summed E-state index contributed by atoms with van der Waals surface area (Å²) in [7, 11) is 0. The number of hydrazine groups is 1. The van der Waals surface area contributed by atoms with E-state index in [0.29, 0.717) is 0 Å². The summed E-state index contributed by atoms with van der Waals surface area (Å²) < 4.78 is 0. The molecule has 2 heteroatoms. The summed E-state index contributed by atoms with van der Waals surface area (Å²) in [5.41, 5.74) is 9.47. The van der Waals surface area contributed by atoms with Gasteiger partial charge in [0.1, 0.15) is 0 Å². The first-order valence-electron chi connectivity index (χ1n) is 6.69. The molecule has 0 heterocycles. The highest BCUT2D eigenvalue weighted by Crippen LogP contribution is 2.24. The highest BCUT2D eigenvalue weighted by Gasteiger charge is 2.14. The lowest BCUT2D eigenvalue weighted by Crippen LogP contribution is -2.30. The highest BCUT2D eigenvalue weighted by molar-refractivity contribution is 5.39. The van der Waals surface area contributed by atoms with Gasteiger partial charge >= 0.3 is 0 Å². The van der Waals surface area contributed by atoms with Gasteiger partial charge in [0.15, 0.2) is 0 Å². The first-order valence-corrected chi connectivity index (χ1v) is 6.69. The van der Waals surface area contributed by atoms with E-state index in [4.69, 9.17) is 5.84 Å². The molecular formula is C17H22N2. The summed E-state index contributed by atoms with van der Waals surface area (Å²) in [6.07, 6.45) is 0.903. The Labute approximate surface area is 115 Å². The van der Waals surface area contributed by atoms with Gasteiger partial charge in [-0.05, 0) is 55.0 Å². The number of benzene rings is 2. The topological polar surface area (TPSA) is 38.0 Å². The van der Waals surface area contributed by atoms with Gasteiger partial charge in [0.2, 0.25) is 0 Å². The van der Waals surface area contributed by atoms with Gasteiger partial charge in [0.05, 0.1) is 6.04 Å². The van der Waals surface area contributed by atoms with Gasteiger partial charge in [-0.2, -0.15) is 0 Å². The van der Waals surface area contributed by atoms with Crippen molar-refractivity contribution in [1.29, 1.82) is 0 Å². The normalized spacial score (nSPS) is 12.4.